The number of benzene rings is 4. The minimum absolute atomic E-state index is 0.216. The molecule has 0 aliphatic heterocycles. The minimum atomic E-state index is -4.41. The van der Waals surface area contributed by atoms with E-state index in [1.54, 1.807) is 60.7 Å². The molecule has 0 bridgehead atoms. The van der Waals surface area contributed by atoms with Crippen LogP contribution in [0.25, 0.3) is 10.8 Å². The molecule has 0 radical (unpaired) electrons. The van der Waals surface area contributed by atoms with Crippen molar-refractivity contribution < 1.29 is 22.8 Å². The van der Waals surface area contributed by atoms with Crippen LogP contribution in [0.2, 0.25) is 0 Å². The van der Waals surface area contributed by atoms with Crippen LogP contribution in [0, 0.1) is 0 Å². The Labute approximate surface area is 175 Å². The average Bonchev–Trinajstić information content (AvgIpc) is 2.76. The molecule has 152 valence electrons. The molecule has 0 amide bonds. The lowest BCUT2D eigenvalue weighted by atomic mass is 9.83. The van der Waals surface area contributed by atoms with Crippen LogP contribution in [0.1, 0.15) is 37.4 Å². The first-order valence-corrected chi connectivity index (χ1v) is 9.52. The Morgan fingerprint density at radius 3 is 2.03 bits per heavy atom. The Hall–Kier alpha value is -3.93. The number of hydrogen-bond donors (Lipinski definition) is 1. The van der Waals surface area contributed by atoms with Gasteiger partial charge < -0.3 is 5.32 Å². The standard InChI is InChI=1S/C25H14F3NO2/c26-25(27,28)16-10-8-15-13-17(11-9-14(15)12-16)29-21-7-3-6-20-22(21)24(31)19-5-2-1-4-18(19)23(20)30/h1-13,29H. The van der Waals surface area contributed by atoms with Crippen molar-refractivity contribution in [1.29, 1.82) is 0 Å². The average molecular weight is 417 g/mol. The molecular weight excluding hydrogens is 403 g/mol. The Kier molecular flexibility index (Phi) is 4.18. The van der Waals surface area contributed by atoms with Gasteiger partial charge >= 0.3 is 6.18 Å². The van der Waals surface area contributed by atoms with Crippen molar-refractivity contribution in [3.8, 4) is 0 Å². The van der Waals surface area contributed by atoms with E-state index in [9.17, 15) is 22.8 Å². The zero-order chi connectivity index (χ0) is 21.8. The lowest BCUT2D eigenvalue weighted by molar-refractivity contribution is -0.137. The number of hydrogen-bond acceptors (Lipinski definition) is 3. The maximum Gasteiger partial charge on any atom is 0.416 e. The predicted octanol–water partition coefficient (Wildman–Crippen LogP) is 6.38. The van der Waals surface area contributed by atoms with E-state index in [0.29, 0.717) is 44.4 Å². The molecule has 1 aliphatic carbocycles. The Morgan fingerprint density at radius 2 is 1.29 bits per heavy atom. The monoisotopic (exact) mass is 417 g/mol. The first-order chi connectivity index (χ1) is 14.8. The summed E-state index contributed by atoms with van der Waals surface area (Å²) in [7, 11) is 0. The molecule has 4 aromatic carbocycles. The van der Waals surface area contributed by atoms with E-state index in [-0.39, 0.29) is 11.6 Å². The van der Waals surface area contributed by atoms with Gasteiger partial charge in [-0.1, -0.05) is 48.5 Å². The van der Waals surface area contributed by atoms with Gasteiger partial charge in [0.2, 0.25) is 0 Å². The first kappa shape index (κ1) is 19.1. The molecule has 5 rings (SSSR count). The highest BCUT2D eigenvalue weighted by Crippen LogP contribution is 2.35. The van der Waals surface area contributed by atoms with Crippen molar-refractivity contribution in [2.75, 3.05) is 5.32 Å². The number of anilines is 2. The zero-order valence-corrected chi connectivity index (χ0v) is 16.0. The highest BCUT2D eigenvalue weighted by atomic mass is 19.4. The lowest BCUT2D eigenvalue weighted by Crippen LogP contribution is -2.22. The van der Waals surface area contributed by atoms with Crippen molar-refractivity contribution in [2.24, 2.45) is 0 Å². The van der Waals surface area contributed by atoms with E-state index < -0.39 is 11.7 Å². The van der Waals surface area contributed by atoms with Gasteiger partial charge in [-0.3, -0.25) is 9.59 Å². The second kappa shape index (κ2) is 6.80. The van der Waals surface area contributed by atoms with Crippen LogP contribution in [-0.4, -0.2) is 11.6 Å². The zero-order valence-electron chi connectivity index (χ0n) is 16.0. The SMILES string of the molecule is O=C1c2ccccc2C(=O)c2c(Nc3ccc4cc(C(F)(F)F)ccc4c3)cccc21. The normalized spacial score (nSPS) is 13.1. The van der Waals surface area contributed by atoms with Crippen LogP contribution in [0.3, 0.4) is 0 Å². The van der Waals surface area contributed by atoms with Crippen LogP contribution in [0.4, 0.5) is 24.5 Å². The minimum Gasteiger partial charge on any atom is -0.355 e. The van der Waals surface area contributed by atoms with Gasteiger partial charge in [-0.15, -0.1) is 0 Å². The lowest BCUT2D eigenvalue weighted by Gasteiger charge is -2.21. The number of fused-ring (bicyclic) bond motifs is 3. The van der Waals surface area contributed by atoms with E-state index in [2.05, 4.69) is 5.32 Å². The van der Waals surface area contributed by atoms with Gasteiger partial charge in [0.05, 0.1) is 16.8 Å². The topological polar surface area (TPSA) is 46.2 Å². The number of ketones is 2. The molecule has 0 saturated carbocycles. The summed E-state index contributed by atoms with van der Waals surface area (Å²) >= 11 is 0. The molecule has 0 fully saturated rings. The van der Waals surface area contributed by atoms with Crippen molar-refractivity contribution in [2.45, 2.75) is 6.18 Å². The van der Waals surface area contributed by atoms with E-state index in [0.717, 1.165) is 12.1 Å². The smallest absolute Gasteiger partial charge is 0.355 e. The maximum atomic E-state index is 13.1. The van der Waals surface area contributed by atoms with Gasteiger partial charge in [0.25, 0.3) is 0 Å². The van der Waals surface area contributed by atoms with E-state index in [1.807, 2.05) is 0 Å². The van der Waals surface area contributed by atoms with Crippen molar-refractivity contribution in [3.63, 3.8) is 0 Å². The molecule has 0 atom stereocenters. The van der Waals surface area contributed by atoms with E-state index in [4.69, 9.17) is 0 Å². The Bertz CT molecular complexity index is 1390. The van der Waals surface area contributed by atoms with Crippen LogP contribution in [-0.2, 0) is 6.18 Å². The number of rotatable bonds is 2. The molecule has 0 aromatic heterocycles. The van der Waals surface area contributed by atoms with Crippen LogP contribution < -0.4 is 5.32 Å². The summed E-state index contributed by atoms with van der Waals surface area (Å²) in [5.74, 6) is -0.462. The van der Waals surface area contributed by atoms with Gasteiger partial charge in [-0.2, -0.15) is 13.2 Å². The molecule has 3 nitrogen and oxygen atoms in total. The molecule has 6 heteroatoms. The number of carbonyl (C=O) groups is 2. The van der Waals surface area contributed by atoms with E-state index in [1.165, 1.54) is 6.07 Å². The summed E-state index contributed by atoms with van der Waals surface area (Å²) in [5.41, 5.74) is 1.70. The van der Waals surface area contributed by atoms with Crippen LogP contribution in [0.5, 0.6) is 0 Å². The maximum absolute atomic E-state index is 13.1. The third-order valence-electron chi connectivity index (χ3n) is 5.40. The fourth-order valence-electron chi connectivity index (χ4n) is 3.90. The number of nitrogens with one attached hydrogen (secondary N) is 1. The molecule has 1 aliphatic rings. The fourth-order valence-corrected chi connectivity index (χ4v) is 3.90. The second-order valence-electron chi connectivity index (χ2n) is 7.33. The first-order valence-electron chi connectivity index (χ1n) is 9.52. The van der Waals surface area contributed by atoms with E-state index >= 15 is 0 Å². The molecular formula is C25H14F3NO2. The molecule has 1 N–H and O–H groups in total. The van der Waals surface area contributed by atoms with Gasteiger partial charge in [0, 0.05) is 22.4 Å². The third-order valence-corrected chi connectivity index (χ3v) is 5.40. The molecule has 4 aromatic rings. The predicted molar refractivity (Wildman–Crippen MR) is 112 cm³/mol. The number of halogens is 3. The van der Waals surface area contributed by atoms with Crippen molar-refractivity contribution in [1.82, 2.24) is 0 Å². The fraction of sp³-hybridized carbons (Fsp3) is 0.0400. The largest absolute Gasteiger partial charge is 0.416 e. The number of carbonyl (C=O) groups excluding carboxylic acids is 2. The molecule has 0 unspecified atom stereocenters. The van der Waals surface area contributed by atoms with Crippen LogP contribution >= 0.6 is 0 Å². The Morgan fingerprint density at radius 1 is 0.645 bits per heavy atom. The summed E-state index contributed by atoms with van der Waals surface area (Å²) in [4.78, 5) is 26.0. The summed E-state index contributed by atoms with van der Waals surface area (Å²) in [6.45, 7) is 0. The molecule has 0 heterocycles. The second-order valence-corrected chi connectivity index (χ2v) is 7.33. The molecule has 0 saturated heterocycles. The molecule has 0 spiro atoms. The van der Waals surface area contributed by atoms with Crippen LogP contribution in [0.15, 0.2) is 78.9 Å². The third kappa shape index (κ3) is 3.17. The number of alkyl halides is 3. The van der Waals surface area contributed by atoms with Gasteiger partial charge in [0.1, 0.15) is 0 Å². The van der Waals surface area contributed by atoms with Gasteiger partial charge in [0.15, 0.2) is 11.6 Å². The van der Waals surface area contributed by atoms with Crippen molar-refractivity contribution in [3.05, 3.63) is 107 Å². The summed E-state index contributed by atoms with van der Waals surface area (Å²) < 4.78 is 38.8. The van der Waals surface area contributed by atoms with Gasteiger partial charge in [-0.05, 0) is 41.1 Å². The summed E-state index contributed by atoms with van der Waals surface area (Å²) in [6, 6.07) is 20.2. The highest BCUT2D eigenvalue weighted by molar-refractivity contribution is 6.30. The Balaban J connectivity index is 1.55. The highest BCUT2D eigenvalue weighted by Gasteiger charge is 2.32. The van der Waals surface area contributed by atoms with Gasteiger partial charge in [-0.25, -0.2) is 0 Å². The van der Waals surface area contributed by atoms with Crippen molar-refractivity contribution >= 4 is 33.7 Å². The summed E-state index contributed by atoms with van der Waals surface area (Å²) in [5, 5.41) is 4.23. The summed E-state index contributed by atoms with van der Waals surface area (Å²) in [6.07, 6.45) is -4.41. The molecule has 31 heavy (non-hydrogen) atoms. The quantitative estimate of drug-likeness (QED) is 0.363.